The van der Waals surface area contributed by atoms with E-state index in [1.165, 1.54) is 0 Å². The first kappa shape index (κ1) is 12.4. The number of carbonyl (C=O) groups is 1. The maximum Gasteiger partial charge on any atom is 0.307 e. The van der Waals surface area contributed by atoms with Crippen LogP contribution in [-0.4, -0.2) is 24.7 Å². The summed E-state index contributed by atoms with van der Waals surface area (Å²) in [5, 5.41) is 0. The van der Waals surface area contributed by atoms with Crippen LogP contribution in [0.4, 0.5) is 0 Å². The van der Waals surface area contributed by atoms with Gasteiger partial charge in [0.15, 0.2) is 0 Å². The van der Waals surface area contributed by atoms with Gasteiger partial charge in [0.05, 0.1) is 20.1 Å². The van der Waals surface area contributed by atoms with Gasteiger partial charge in [-0.1, -0.05) is 6.07 Å². The highest BCUT2D eigenvalue weighted by Crippen LogP contribution is 2.15. The molecule has 1 unspecified atom stereocenters. The van der Waals surface area contributed by atoms with Crippen LogP contribution >= 0.6 is 0 Å². The summed E-state index contributed by atoms with van der Waals surface area (Å²) in [5.74, 6) is 0.220. The molecule has 88 valence electrons. The number of pyridine rings is 1. The molecule has 0 saturated heterocycles. The van der Waals surface area contributed by atoms with Crippen LogP contribution in [0.25, 0.3) is 0 Å². The molecule has 0 saturated carbocycles. The van der Waals surface area contributed by atoms with Gasteiger partial charge in [0.25, 0.3) is 0 Å². The molecule has 1 atom stereocenters. The van der Waals surface area contributed by atoms with Gasteiger partial charge in [0, 0.05) is 18.3 Å². The van der Waals surface area contributed by atoms with E-state index in [-0.39, 0.29) is 12.4 Å². The Morgan fingerprint density at radius 3 is 2.81 bits per heavy atom. The summed E-state index contributed by atoms with van der Waals surface area (Å²) < 4.78 is 9.74. The highest BCUT2D eigenvalue weighted by atomic mass is 16.5. The fraction of sp³-hybridized carbons (Fsp3) is 0.455. The second kappa shape index (κ2) is 6.07. The molecule has 5 nitrogen and oxygen atoms in total. The van der Waals surface area contributed by atoms with Gasteiger partial charge in [0.1, 0.15) is 0 Å². The molecular weight excluding hydrogens is 208 g/mol. The zero-order chi connectivity index (χ0) is 12.0. The van der Waals surface area contributed by atoms with Crippen molar-refractivity contribution in [3.05, 3.63) is 23.9 Å². The summed E-state index contributed by atoms with van der Waals surface area (Å²) in [6, 6.07) is 3.10. The SMILES string of the molecule is CCOC(=O)CC(N)c1ccc(OC)nc1. The molecule has 0 aromatic carbocycles. The molecule has 2 N–H and O–H groups in total. The van der Waals surface area contributed by atoms with Gasteiger partial charge in [-0.25, -0.2) is 4.98 Å². The molecule has 1 rings (SSSR count). The Bertz CT molecular complexity index is 338. The van der Waals surface area contributed by atoms with Gasteiger partial charge in [0.2, 0.25) is 5.88 Å². The Kier molecular flexibility index (Phi) is 4.72. The maximum absolute atomic E-state index is 11.2. The molecule has 0 aliphatic rings. The summed E-state index contributed by atoms with van der Waals surface area (Å²) in [7, 11) is 1.54. The van der Waals surface area contributed by atoms with Crippen molar-refractivity contribution in [1.29, 1.82) is 0 Å². The Morgan fingerprint density at radius 2 is 2.31 bits per heavy atom. The van der Waals surface area contributed by atoms with Crippen molar-refractivity contribution in [3.63, 3.8) is 0 Å². The first-order chi connectivity index (χ1) is 7.67. The normalized spacial score (nSPS) is 11.9. The smallest absolute Gasteiger partial charge is 0.307 e. The molecule has 0 fully saturated rings. The van der Waals surface area contributed by atoms with Gasteiger partial charge in [-0.2, -0.15) is 0 Å². The lowest BCUT2D eigenvalue weighted by Gasteiger charge is -2.10. The van der Waals surface area contributed by atoms with Crippen LogP contribution < -0.4 is 10.5 Å². The van der Waals surface area contributed by atoms with Crippen LogP contribution in [0.3, 0.4) is 0 Å². The third-order valence-corrected chi connectivity index (χ3v) is 2.09. The van der Waals surface area contributed by atoms with Crippen molar-refractivity contribution >= 4 is 5.97 Å². The lowest BCUT2D eigenvalue weighted by Crippen LogP contribution is -2.17. The molecule has 0 aliphatic carbocycles. The van der Waals surface area contributed by atoms with Crippen molar-refractivity contribution < 1.29 is 14.3 Å². The van der Waals surface area contributed by atoms with Crippen LogP contribution in [-0.2, 0) is 9.53 Å². The molecule has 0 aliphatic heterocycles. The fourth-order valence-corrected chi connectivity index (χ4v) is 1.25. The van der Waals surface area contributed by atoms with E-state index in [2.05, 4.69) is 4.98 Å². The Hall–Kier alpha value is -1.62. The van der Waals surface area contributed by atoms with Crippen LogP contribution in [0, 0.1) is 0 Å². The van der Waals surface area contributed by atoms with E-state index >= 15 is 0 Å². The van der Waals surface area contributed by atoms with Crippen molar-refractivity contribution in [2.45, 2.75) is 19.4 Å². The second-order valence-corrected chi connectivity index (χ2v) is 3.25. The monoisotopic (exact) mass is 224 g/mol. The topological polar surface area (TPSA) is 74.4 Å². The standard InChI is InChI=1S/C11H16N2O3/c1-3-16-11(14)6-9(12)8-4-5-10(15-2)13-7-8/h4-5,7,9H,3,6,12H2,1-2H3. The highest BCUT2D eigenvalue weighted by molar-refractivity contribution is 5.70. The second-order valence-electron chi connectivity index (χ2n) is 3.25. The lowest BCUT2D eigenvalue weighted by molar-refractivity contribution is -0.143. The number of nitrogens with two attached hydrogens (primary N) is 1. The molecule has 1 aromatic rings. The largest absolute Gasteiger partial charge is 0.481 e. The van der Waals surface area contributed by atoms with Crippen molar-refractivity contribution in [2.24, 2.45) is 5.73 Å². The molecule has 1 aromatic heterocycles. The average molecular weight is 224 g/mol. The summed E-state index contributed by atoms with van der Waals surface area (Å²) >= 11 is 0. The molecule has 1 heterocycles. The van der Waals surface area contributed by atoms with E-state index in [4.69, 9.17) is 15.2 Å². The Labute approximate surface area is 94.6 Å². The van der Waals surface area contributed by atoms with E-state index in [0.29, 0.717) is 12.5 Å². The van der Waals surface area contributed by atoms with Gasteiger partial charge in [-0.15, -0.1) is 0 Å². The molecule has 16 heavy (non-hydrogen) atoms. The number of hydrogen-bond acceptors (Lipinski definition) is 5. The van der Waals surface area contributed by atoms with E-state index in [0.717, 1.165) is 5.56 Å². The van der Waals surface area contributed by atoms with E-state index in [1.54, 1.807) is 32.4 Å². The average Bonchev–Trinajstić information content (AvgIpc) is 2.29. The maximum atomic E-state index is 11.2. The quantitative estimate of drug-likeness (QED) is 0.756. The number of carbonyl (C=O) groups excluding carboxylic acids is 1. The molecular formula is C11H16N2O3. The van der Waals surface area contributed by atoms with E-state index < -0.39 is 6.04 Å². The molecule has 0 radical (unpaired) electrons. The first-order valence-electron chi connectivity index (χ1n) is 5.08. The van der Waals surface area contributed by atoms with Crippen LogP contribution in [0.2, 0.25) is 0 Å². The number of esters is 1. The number of hydrogen-bond donors (Lipinski definition) is 1. The Morgan fingerprint density at radius 1 is 1.56 bits per heavy atom. The first-order valence-corrected chi connectivity index (χ1v) is 5.08. The zero-order valence-electron chi connectivity index (χ0n) is 9.47. The zero-order valence-corrected chi connectivity index (χ0v) is 9.47. The summed E-state index contributed by atoms with van der Waals surface area (Å²) in [5.41, 5.74) is 6.62. The van der Waals surface area contributed by atoms with Crippen molar-refractivity contribution in [2.75, 3.05) is 13.7 Å². The number of nitrogens with zero attached hydrogens (tertiary/aromatic N) is 1. The molecule has 0 spiro atoms. The number of rotatable bonds is 5. The van der Waals surface area contributed by atoms with Crippen LogP contribution in [0.1, 0.15) is 24.9 Å². The minimum atomic E-state index is -0.391. The van der Waals surface area contributed by atoms with Crippen molar-refractivity contribution in [3.8, 4) is 5.88 Å². The third kappa shape index (κ3) is 3.51. The minimum absolute atomic E-state index is 0.155. The predicted molar refractivity (Wildman–Crippen MR) is 59.0 cm³/mol. The summed E-state index contributed by atoms with van der Waals surface area (Å²) in [6.07, 6.45) is 1.75. The fourth-order valence-electron chi connectivity index (χ4n) is 1.25. The van der Waals surface area contributed by atoms with Crippen molar-refractivity contribution in [1.82, 2.24) is 4.98 Å². The van der Waals surface area contributed by atoms with Crippen LogP contribution in [0.15, 0.2) is 18.3 Å². The number of methoxy groups -OCH3 is 1. The molecule has 0 bridgehead atoms. The lowest BCUT2D eigenvalue weighted by atomic mass is 10.1. The Balaban J connectivity index is 2.58. The third-order valence-electron chi connectivity index (χ3n) is 2.09. The molecule has 0 amide bonds. The number of aromatic nitrogens is 1. The summed E-state index contributed by atoms with van der Waals surface area (Å²) in [6.45, 7) is 2.13. The van der Waals surface area contributed by atoms with Gasteiger partial charge in [-0.05, 0) is 12.5 Å². The predicted octanol–water partition coefficient (Wildman–Crippen LogP) is 1.04. The van der Waals surface area contributed by atoms with E-state index in [9.17, 15) is 4.79 Å². The van der Waals surface area contributed by atoms with Crippen LogP contribution in [0.5, 0.6) is 5.88 Å². The minimum Gasteiger partial charge on any atom is -0.481 e. The molecule has 5 heteroatoms. The van der Waals surface area contributed by atoms with Gasteiger partial charge >= 0.3 is 5.97 Å². The van der Waals surface area contributed by atoms with Gasteiger partial charge in [-0.3, -0.25) is 4.79 Å². The highest BCUT2D eigenvalue weighted by Gasteiger charge is 2.12. The summed E-state index contributed by atoms with van der Waals surface area (Å²) in [4.78, 5) is 15.2. The number of ether oxygens (including phenoxy) is 2. The van der Waals surface area contributed by atoms with Gasteiger partial charge < -0.3 is 15.2 Å². The van der Waals surface area contributed by atoms with E-state index in [1.807, 2.05) is 0 Å².